The van der Waals surface area contributed by atoms with Crippen LogP contribution in [0.15, 0.2) is 69.9 Å². The zero-order valence-corrected chi connectivity index (χ0v) is 21.8. The number of halogens is 4. The maximum Gasteiger partial charge on any atom is 0.416 e. The second-order valence-corrected chi connectivity index (χ2v) is 11.1. The Kier molecular flexibility index (Phi) is 7.05. The fourth-order valence-electron chi connectivity index (χ4n) is 4.85. The number of carbonyl (C=O) groups is 2. The molecule has 0 bridgehead atoms. The minimum absolute atomic E-state index is 0.0188. The summed E-state index contributed by atoms with van der Waals surface area (Å²) in [4.78, 5) is 28.0. The Morgan fingerprint density at radius 3 is 2.42 bits per heavy atom. The quantitative estimate of drug-likeness (QED) is 0.403. The van der Waals surface area contributed by atoms with Crippen molar-refractivity contribution in [2.24, 2.45) is 5.41 Å². The third-order valence-corrected chi connectivity index (χ3v) is 7.55. The Morgan fingerprint density at radius 1 is 1.14 bits per heavy atom. The van der Waals surface area contributed by atoms with Crippen LogP contribution in [-0.4, -0.2) is 17.9 Å². The van der Waals surface area contributed by atoms with Gasteiger partial charge in [0, 0.05) is 39.8 Å². The Bertz CT molecular complexity index is 1300. The van der Waals surface area contributed by atoms with E-state index in [2.05, 4.69) is 10.6 Å². The summed E-state index contributed by atoms with van der Waals surface area (Å²) in [5, 5.41) is 5.80. The Morgan fingerprint density at radius 2 is 1.81 bits per heavy atom. The van der Waals surface area contributed by atoms with E-state index in [9.17, 15) is 22.8 Å². The number of rotatable bonds is 4. The number of ketones is 1. The second-order valence-electron chi connectivity index (χ2n) is 9.85. The SMILES string of the molecule is CSc1ccc([C@H]2C(C(=O)Nc3cc(C(F)(F)F)ccc3Cl)=C(C)NC3=C2C(=O)CC(C)(C)C3)cc1. The van der Waals surface area contributed by atoms with Gasteiger partial charge >= 0.3 is 6.18 Å². The molecule has 0 spiro atoms. The number of benzene rings is 2. The summed E-state index contributed by atoms with van der Waals surface area (Å²) >= 11 is 7.71. The number of hydrogen-bond donors (Lipinski definition) is 2. The predicted octanol–water partition coefficient (Wildman–Crippen LogP) is 7.32. The molecule has 1 amide bonds. The fraction of sp³-hybridized carbons (Fsp3) is 0.333. The third-order valence-electron chi connectivity index (χ3n) is 6.48. The van der Waals surface area contributed by atoms with Crippen molar-refractivity contribution in [3.63, 3.8) is 0 Å². The lowest BCUT2D eigenvalue weighted by atomic mass is 9.68. The van der Waals surface area contributed by atoms with E-state index in [0.29, 0.717) is 24.1 Å². The number of carbonyl (C=O) groups excluding carboxylic acids is 2. The van der Waals surface area contributed by atoms with E-state index in [4.69, 9.17) is 11.6 Å². The van der Waals surface area contributed by atoms with Gasteiger partial charge in [-0.2, -0.15) is 13.2 Å². The number of anilines is 1. The van der Waals surface area contributed by atoms with Crippen LogP contribution in [0.1, 0.15) is 50.7 Å². The zero-order valence-electron chi connectivity index (χ0n) is 20.3. The first-order valence-corrected chi connectivity index (χ1v) is 13.0. The van der Waals surface area contributed by atoms with Crippen molar-refractivity contribution in [3.05, 3.63) is 81.2 Å². The number of dihydropyridines is 1. The van der Waals surface area contributed by atoms with Crippen molar-refractivity contribution in [2.75, 3.05) is 11.6 Å². The molecule has 0 saturated carbocycles. The average Bonchev–Trinajstić information content (AvgIpc) is 2.78. The molecule has 1 aliphatic heterocycles. The minimum atomic E-state index is -4.59. The van der Waals surface area contributed by atoms with Crippen molar-refractivity contribution in [3.8, 4) is 0 Å². The molecule has 2 N–H and O–H groups in total. The van der Waals surface area contributed by atoms with Gasteiger partial charge in [0.05, 0.1) is 16.3 Å². The van der Waals surface area contributed by atoms with Gasteiger partial charge in [-0.15, -0.1) is 11.8 Å². The monoisotopic (exact) mass is 534 g/mol. The van der Waals surface area contributed by atoms with Crippen LogP contribution in [0.3, 0.4) is 0 Å². The van der Waals surface area contributed by atoms with E-state index in [1.807, 2.05) is 44.4 Å². The normalized spacial score (nSPS) is 19.7. The molecule has 4 rings (SSSR count). The summed E-state index contributed by atoms with van der Waals surface area (Å²) in [6.07, 6.45) is -1.66. The van der Waals surface area contributed by atoms with Gasteiger partial charge in [-0.25, -0.2) is 0 Å². The zero-order chi connectivity index (χ0) is 26.4. The first kappa shape index (κ1) is 26.4. The van der Waals surface area contributed by atoms with Gasteiger partial charge in [0.2, 0.25) is 0 Å². The molecule has 0 unspecified atom stereocenters. The van der Waals surface area contributed by atoms with E-state index in [0.717, 1.165) is 34.4 Å². The van der Waals surface area contributed by atoms with Gasteiger partial charge < -0.3 is 10.6 Å². The van der Waals surface area contributed by atoms with Crippen molar-refractivity contribution in [1.29, 1.82) is 0 Å². The van der Waals surface area contributed by atoms with Gasteiger partial charge in [0.15, 0.2) is 5.78 Å². The summed E-state index contributed by atoms with van der Waals surface area (Å²) in [6.45, 7) is 5.78. The predicted molar refractivity (Wildman–Crippen MR) is 137 cm³/mol. The van der Waals surface area contributed by atoms with E-state index in [1.165, 1.54) is 0 Å². The van der Waals surface area contributed by atoms with E-state index in [1.54, 1.807) is 18.7 Å². The Balaban J connectivity index is 1.79. The molecular weight excluding hydrogens is 509 g/mol. The summed E-state index contributed by atoms with van der Waals surface area (Å²) in [5.41, 5.74) is 1.57. The molecule has 4 nitrogen and oxygen atoms in total. The van der Waals surface area contributed by atoms with Gasteiger partial charge in [0.1, 0.15) is 0 Å². The first-order valence-electron chi connectivity index (χ1n) is 11.4. The standard InChI is InChI=1S/C27H26ClF3N2O2S/c1-14-22(25(35)33-19-11-16(27(29,30)31)7-10-18(19)28)23(15-5-8-17(36-4)9-6-15)24-20(32-14)12-26(2,3)13-21(24)34/h5-11,23,32H,12-13H2,1-4H3,(H,33,35)/t23-/m0/s1. The summed E-state index contributed by atoms with van der Waals surface area (Å²) in [7, 11) is 0. The molecule has 2 aromatic carbocycles. The lowest BCUT2D eigenvalue weighted by molar-refractivity contribution is -0.137. The number of alkyl halides is 3. The molecule has 1 aliphatic carbocycles. The molecule has 0 saturated heterocycles. The van der Waals surface area contributed by atoms with Crippen LogP contribution in [0.4, 0.5) is 18.9 Å². The second kappa shape index (κ2) is 9.63. The van der Waals surface area contributed by atoms with Gasteiger partial charge in [-0.1, -0.05) is 37.6 Å². The number of thioether (sulfide) groups is 1. The van der Waals surface area contributed by atoms with Crippen molar-refractivity contribution < 1.29 is 22.8 Å². The molecule has 0 aromatic heterocycles. The van der Waals surface area contributed by atoms with Crippen molar-refractivity contribution >= 4 is 40.7 Å². The minimum Gasteiger partial charge on any atom is -0.362 e. The van der Waals surface area contributed by atoms with Crippen LogP contribution < -0.4 is 10.6 Å². The highest BCUT2D eigenvalue weighted by Gasteiger charge is 2.43. The number of allylic oxidation sites excluding steroid dienone is 3. The van der Waals surface area contributed by atoms with Crippen LogP contribution >= 0.6 is 23.4 Å². The van der Waals surface area contributed by atoms with Crippen LogP contribution in [-0.2, 0) is 15.8 Å². The molecule has 1 atom stereocenters. The third kappa shape index (κ3) is 5.20. The number of Topliss-reactive ketones (excluding diaryl/α,β-unsaturated/α-hetero) is 1. The van der Waals surface area contributed by atoms with Gasteiger partial charge in [-0.05, 0) is 60.9 Å². The van der Waals surface area contributed by atoms with E-state index < -0.39 is 23.6 Å². The Hall–Kier alpha value is -2.71. The first-order chi connectivity index (χ1) is 16.8. The van der Waals surface area contributed by atoms with Crippen molar-refractivity contribution in [1.82, 2.24) is 5.32 Å². The smallest absolute Gasteiger partial charge is 0.362 e. The largest absolute Gasteiger partial charge is 0.416 e. The molecule has 190 valence electrons. The molecule has 1 heterocycles. The summed E-state index contributed by atoms with van der Waals surface area (Å²) in [6, 6.07) is 10.4. The lowest BCUT2D eigenvalue weighted by Crippen LogP contribution is -2.39. The molecule has 2 aliphatic rings. The van der Waals surface area contributed by atoms with Gasteiger partial charge in [-0.3, -0.25) is 9.59 Å². The highest BCUT2D eigenvalue weighted by atomic mass is 35.5. The van der Waals surface area contributed by atoms with Crippen molar-refractivity contribution in [2.45, 2.75) is 50.6 Å². The molecule has 9 heteroatoms. The molecule has 36 heavy (non-hydrogen) atoms. The van der Waals surface area contributed by atoms with Crippen LogP contribution in [0.2, 0.25) is 5.02 Å². The maximum absolute atomic E-state index is 13.6. The summed E-state index contributed by atoms with van der Waals surface area (Å²) < 4.78 is 39.8. The average molecular weight is 535 g/mol. The molecule has 0 radical (unpaired) electrons. The number of amides is 1. The molecular formula is C27H26ClF3N2O2S. The highest BCUT2D eigenvalue weighted by Crippen LogP contribution is 2.47. The van der Waals surface area contributed by atoms with Crippen LogP contribution in [0, 0.1) is 5.41 Å². The van der Waals surface area contributed by atoms with Gasteiger partial charge in [0.25, 0.3) is 5.91 Å². The number of nitrogens with one attached hydrogen (secondary N) is 2. The summed E-state index contributed by atoms with van der Waals surface area (Å²) in [5.74, 6) is -1.34. The van der Waals surface area contributed by atoms with Crippen LogP contribution in [0.5, 0.6) is 0 Å². The molecule has 0 fully saturated rings. The number of hydrogen-bond acceptors (Lipinski definition) is 4. The highest BCUT2D eigenvalue weighted by molar-refractivity contribution is 7.98. The van der Waals surface area contributed by atoms with E-state index in [-0.39, 0.29) is 27.5 Å². The molecule has 2 aromatic rings. The maximum atomic E-state index is 13.6. The Labute approximate surface area is 217 Å². The lowest BCUT2D eigenvalue weighted by Gasteiger charge is -2.39. The topological polar surface area (TPSA) is 58.2 Å². The van der Waals surface area contributed by atoms with E-state index >= 15 is 0 Å². The van der Waals surface area contributed by atoms with Crippen LogP contribution in [0.25, 0.3) is 0 Å². The fourth-order valence-corrected chi connectivity index (χ4v) is 5.43.